The van der Waals surface area contributed by atoms with Crippen LogP contribution in [-0.4, -0.2) is 24.4 Å². The van der Waals surface area contributed by atoms with Crippen LogP contribution in [0.25, 0.3) is 0 Å². The number of aromatic nitrogens is 2. The molecule has 0 saturated carbocycles. The van der Waals surface area contributed by atoms with Crippen LogP contribution in [0.5, 0.6) is 0 Å². The lowest BCUT2D eigenvalue weighted by molar-refractivity contribution is 0.590. The second kappa shape index (κ2) is 3.06. The maximum atomic E-state index is 11.3. The van der Waals surface area contributed by atoms with Crippen LogP contribution in [0.15, 0.2) is 0 Å². The molecular weight excluding hydrogens is 202 g/mol. The molecule has 0 bridgehead atoms. The minimum Gasteiger partial charge on any atom is -0.323 e. The van der Waals surface area contributed by atoms with Gasteiger partial charge in [0.1, 0.15) is 0 Å². The third-order valence-corrected chi connectivity index (χ3v) is 4.00. The van der Waals surface area contributed by atoms with Gasteiger partial charge in [0.15, 0.2) is 9.84 Å². The summed E-state index contributed by atoms with van der Waals surface area (Å²) in [5, 5.41) is 6.80. The molecule has 0 spiro atoms. The molecule has 1 atom stereocenters. The van der Waals surface area contributed by atoms with E-state index in [4.69, 9.17) is 5.73 Å². The third kappa shape index (κ3) is 1.55. The molecule has 1 aliphatic rings. The second-order valence-electron chi connectivity index (χ2n) is 3.70. The molecule has 1 aliphatic heterocycles. The highest BCUT2D eigenvalue weighted by Crippen LogP contribution is 2.24. The minimum absolute atomic E-state index is 0.0715. The van der Waals surface area contributed by atoms with Gasteiger partial charge in [0.25, 0.3) is 0 Å². The van der Waals surface area contributed by atoms with Gasteiger partial charge in [0.2, 0.25) is 0 Å². The number of H-pyrrole nitrogens is 1. The first-order chi connectivity index (χ1) is 6.49. The van der Waals surface area contributed by atoms with E-state index in [2.05, 4.69) is 10.2 Å². The highest BCUT2D eigenvalue weighted by atomic mass is 32.2. The molecule has 0 radical (unpaired) electrons. The summed E-state index contributed by atoms with van der Waals surface area (Å²) in [5.74, 6) is 0.279. The van der Waals surface area contributed by atoms with Crippen LogP contribution in [0.4, 0.5) is 0 Å². The molecule has 1 aromatic heterocycles. The lowest BCUT2D eigenvalue weighted by Gasteiger charge is -2.13. The Morgan fingerprint density at radius 3 is 2.93 bits per heavy atom. The van der Waals surface area contributed by atoms with Gasteiger partial charge < -0.3 is 5.73 Å². The molecule has 3 N–H and O–H groups in total. The summed E-state index contributed by atoms with van der Waals surface area (Å²) in [6, 6.07) is -0.143. The van der Waals surface area contributed by atoms with E-state index < -0.39 is 9.84 Å². The largest absolute Gasteiger partial charge is 0.323 e. The van der Waals surface area contributed by atoms with Crippen molar-refractivity contribution < 1.29 is 8.42 Å². The zero-order valence-electron chi connectivity index (χ0n) is 7.95. The summed E-state index contributed by atoms with van der Waals surface area (Å²) in [5.41, 5.74) is 8.23. The van der Waals surface area contributed by atoms with Crippen molar-refractivity contribution in [3.8, 4) is 0 Å². The van der Waals surface area contributed by atoms with Crippen molar-refractivity contribution >= 4 is 9.84 Å². The Hall–Kier alpha value is -0.880. The SMILES string of the molecule is C[C@@H](N)c1n[nH]c2c1CCS(=O)(=O)C2. The molecule has 2 heterocycles. The second-order valence-corrected chi connectivity index (χ2v) is 5.88. The van der Waals surface area contributed by atoms with Gasteiger partial charge in [0, 0.05) is 6.04 Å². The van der Waals surface area contributed by atoms with Gasteiger partial charge in [-0.2, -0.15) is 5.10 Å². The zero-order chi connectivity index (χ0) is 10.3. The molecule has 78 valence electrons. The standard InChI is InChI=1S/C8H13N3O2S/c1-5(9)8-6-2-3-14(12,13)4-7(6)10-11-8/h5H,2-4,9H2,1H3,(H,10,11)/t5-/m1/s1. The van der Waals surface area contributed by atoms with Gasteiger partial charge in [-0.25, -0.2) is 8.42 Å². The van der Waals surface area contributed by atoms with Crippen LogP contribution >= 0.6 is 0 Å². The Balaban J connectivity index is 2.44. The zero-order valence-corrected chi connectivity index (χ0v) is 8.76. The molecular formula is C8H13N3O2S. The fourth-order valence-corrected chi connectivity index (χ4v) is 3.08. The van der Waals surface area contributed by atoms with E-state index in [0.717, 1.165) is 11.3 Å². The molecule has 14 heavy (non-hydrogen) atoms. The summed E-state index contributed by atoms with van der Waals surface area (Å²) in [6.07, 6.45) is 0.533. The number of nitrogens with zero attached hydrogens (tertiary/aromatic N) is 1. The first-order valence-electron chi connectivity index (χ1n) is 4.51. The number of sulfone groups is 1. The number of rotatable bonds is 1. The van der Waals surface area contributed by atoms with Crippen LogP contribution in [0.3, 0.4) is 0 Å². The summed E-state index contributed by atoms with van der Waals surface area (Å²) >= 11 is 0. The summed E-state index contributed by atoms with van der Waals surface area (Å²) in [6.45, 7) is 1.85. The lowest BCUT2D eigenvalue weighted by Crippen LogP contribution is -2.20. The number of nitrogens with one attached hydrogen (secondary N) is 1. The monoisotopic (exact) mass is 215 g/mol. The summed E-state index contributed by atoms with van der Waals surface area (Å²) in [7, 11) is -2.92. The van der Waals surface area contributed by atoms with Crippen molar-refractivity contribution in [1.82, 2.24) is 10.2 Å². The van der Waals surface area contributed by atoms with Crippen LogP contribution in [-0.2, 0) is 22.0 Å². The van der Waals surface area contributed by atoms with Crippen molar-refractivity contribution in [2.24, 2.45) is 5.73 Å². The van der Waals surface area contributed by atoms with Gasteiger partial charge in [-0.15, -0.1) is 0 Å². The summed E-state index contributed by atoms with van der Waals surface area (Å²) in [4.78, 5) is 0. The number of nitrogens with two attached hydrogens (primary N) is 1. The Labute approximate surface area is 82.6 Å². The number of aromatic amines is 1. The van der Waals surface area contributed by atoms with Crippen molar-refractivity contribution in [2.45, 2.75) is 25.1 Å². The summed E-state index contributed by atoms with van der Waals surface area (Å²) < 4.78 is 22.6. The fraction of sp³-hybridized carbons (Fsp3) is 0.625. The maximum Gasteiger partial charge on any atom is 0.156 e. The topological polar surface area (TPSA) is 88.8 Å². The van der Waals surface area contributed by atoms with Gasteiger partial charge in [-0.05, 0) is 18.9 Å². The molecule has 5 nitrogen and oxygen atoms in total. The van der Waals surface area contributed by atoms with Crippen molar-refractivity contribution in [2.75, 3.05) is 5.75 Å². The van der Waals surface area contributed by atoms with Gasteiger partial charge in [0.05, 0.1) is 22.9 Å². The van der Waals surface area contributed by atoms with E-state index in [9.17, 15) is 8.42 Å². The van der Waals surface area contributed by atoms with Crippen LogP contribution in [0.1, 0.15) is 29.9 Å². The molecule has 0 aromatic carbocycles. The number of hydrogen-bond acceptors (Lipinski definition) is 4. The van der Waals surface area contributed by atoms with Gasteiger partial charge >= 0.3 is 0 Å². The lowest BCUT2D eigenvalue weighted by atomic mass is 10.1. The van der Waals surface area contributed by atoms with Crippen LogP contribution in [0, 0.1) is 0 Å². The molecule has 1 aromatic rings. The Morgan fingerprint density at radius 2 is 2.29 bits per heavy atom. The van der Waals surface area contributed by atoms with E-state index in [-0.39, 0.29) is 17.5 Å². The van der Waals surface area contributed by atoms with E-state index in [1.807, 2.05) is 6.92 Å². The van der Waals surface area contributed by atoms with Gasteiger partial charge in [-0.3, -0.25) is 5.10 Å². The fourth-order valence-electron chi connectivity index (χ4n) is 1.74. The van der Waals surface area contributed by atoms with Crippen molar-refractivity contribution in [3.63, 3.8) is 0 Å². The molecule has 2 rings (SSSR count). The van der Waals surface area contributed by atoms with Gasteiger partial charge in [-0.1, -0.05) is 0 Å². The quantitative estimate of drug-likeness (QED) is 0.684. The molecule has 0 unspecified atom stereocenters. The van der Waals surface area contributed by atoms with Crippen molar-refractivity contribution in [3.05, 3.63) is 17.0 Å². The molecule has 0 aliphatic carbocycles. The predicted molar refractivity (Wildman–Crippen MR) is 52.4 cm³/mol. The minimum atomic E-state index is -2.92. The normalized spacial score (nSPS) is 21.6. The van der Waals surface area contributed by atoms with E-state index in [1.54, 1.807) is 0 Å². The maximum absolute atomic E-state index is 11.3. The average Bonchev–Trinajstić information content (AvgIpc) is 2.44. The smallest absolute Gasteiger partial charge is 0.156 e. The molecule has 0 fully saturated rings. The van der Waals surface area contributed by atoms with E-state index in [1.165, 1.54) is 0 Å². The molecule has 0 saturated heterocycles. The first-order valence-corrected chi connectivity index (χ1v) is 6.34. The molecule has 0 amide bonds. The number of fused-ring (bicyclic) bond motifs is 1. The Kier molecular flexibility index (Phi) is 2.11. The third-order valence-electron chi connectivity index (χ3n) is 2.44. The highest BCUT2D eigenvalue weighted by molar-refractivity contribution is 7.90. The first kappa shape index (κ1) is 9.67. The Morgan fingerprint density at radius 1 is 1.57 bits per heavy atom. The van der Waals surface area contributed by atoms with Crippen LogP contribution < -0.4 is 5.73 Å². The van der Waals surface area contributed by atoms with E-state index >= 15 is 0 Å². The van der Waals surface area contributed by atoms with Crippen molar-refractivity contribution in [1.29, 1.82) is 0 Å². The van der Waals surface area contributed by atoms with Crippen LogP contribution in [0.2, 0.25) is 0 Å². The number of hydrogen-bond donors (Lipinski definition) is 2. The predicted octanol–water partition coefficient (Wildman–Crippen LogP) is -0.0997. The highest BCUT2D eigenvalue weighted by Gasteiger charge is 2.26. The van der Waals surface area contributed by atoms with E-state index in [0.29, 0.717) is 12.1 Å². The Bertz CT molecular complexity index is 447. The molecule has 6 heteroatoms. The average molecular weight is 215 g/mol.